The van der Waals surface area contributed by atoms with E-state index in [4.69, 9.17) is 0 Å². The van der Waals surface area contributed by atoms with Crippen LogP contribution in [0.25, 0.3) is 21.5 Å². The molecule has 0 aliphatic heterocycles. The van der Waals surface area contributed by atoms with Gasteiger partial charge in [-0.05, 0) is 58.7 Å². The van der Waals surface area contributed by atoms with E-state index < -0.39 is 0 Å². The summed E-state index contributed by atoms with van der Waals surface area (Å²) in [7, 11) is 0. The summed E-state index contributed by atoms with van der Waals surface area (Å²) in [6, 6.07) is 31.4. The fourth-order valence-corrected chi connectivity index (χ4v) is 4.46. The summed E-state index contributed by atoms with van der Waals surface area (Å²) in [6.07, 6.45) is 5.00. The van der Waals surface area contributed by atoms with Crippen molar-refractivity contribution in [3.05, 3.63) is 84.9 Å². The number of anilines is 2. The van der Waals surface area contributed by atoms with Gasteiger partial charge in [0.1, 0.15) is 0 Å². The number of fused-ring (bicyclic) bond motifs is 2. The molecule has 1 aliphatic rings. The molecular formula is C26H26N2. The lowest BCUT2D eigenvalue weighted by molar-refractivity contribution is 0.424. The molecule has 0 saturated heterocycles. The number of rotatable bonds is 4. The van der Waals surface area contributed by atoms with Crippen molar-refractivity contribution in [2.45, 2.75) is 37.8 Å². The predicted molar refractivity (Wildman–Crippen MR) is 121 cm³/mol. The molecule has 28 heavy (non-hydrogen) atoms. The first-order valence-electron chi connectivity index (χ1n) is 10.4. The average molecular weight is 367 g/mol. The van der Waals surface area contributed by atoms with Crippen molar-refractivity contribution in [3.8, 4) is 0 Å². The van der Waals surface area contributed by atoms with Gasteiger partial charge < -0.3 is 10.6 Å². The fourth-order valence-electron chi connectivity index (χ4n) is 4.46. The van der Waals surface area contributed by atoms with Crippen molar-refractivity contribution < 1.29 is 0 Å². The van der Waals surface area contributed by atoms with E-state index in [0.717, 1.165) is 0 Å². The maximum absolute atomic E-state index is 3.82. The van der Waals surface area contributed by atoms with E-state index in [2.05, 4.69) is 95.6 Å². The van der Waals surface area contributed by atoms with Crippen LogP contribution in [0.3, 0.4) is 0 Å². The molecule has 0 spiro atoms. The Morgan fingerprint density at radius 3 is 1.39 bits per heavy atom. The molecule has 0 radical (unpaired) electrons. The van der Waals surface area contributed by atoms with Gasteiger partial charge in [0, 0.05) is 23.5 Å². The normalized spacial score (nSPS) is 19.6. The number of hydrogen-bond acceptors (Lipinski definition) is 2. The first kappa shape index (κ1) is 17.1. The van der Waals surface area contributed by atoms with E-state index in [0.29, 0.717) is 12.1 Å². The first-order chi connectivity index (χ1) is 13.8. The molecule has 0 heterocycles. The molecule has 2 nitrogen and oxygen atoms in total. The molecule has 140 valence electrons. The molecule has 4 aromatic carbocycles. The minimum absolute atomic E-state index is 0.446. The van der Waals surface area contributed by atoms with Gasteiger partial charge >= 0.3 is 0 Å². The second-order valence-electron chi connectivity index (χ2n) is 7.91. The first-order valence-corrected chi connectivity index (χ1v) is 10.4. The maximum Gasteiger partial charge on any atom is 0.0462 e. The maximum atomic E-state index is 3.82. The van der Waals surface area contributed by atoms with Gasteiger partial charge in [0.25, 0.3) is 0 Å². The highest BCUT2D eigenvalue weighted by Crippen LogP contribution is 2.28. The third-order valence-electron chi connectivity index (χ3n) is 5.97. The summed E-state index contributed by atoms with van der Waals surface area (Å²) in [4.78, 5) is 0. The van der Waals surface area contributed by atoms with Crippen LogP contribution in [-0.2, 0) is 0 Å². The molecule has 0 amide bonds. The van der Waals surface area contributed by atoms with Gasteiger partial charge in [-0.3, -0.25) is 0 Å². The highest BCUT2D eigenvalue weighted by atomic mass is 15.0. The highest BCUT2D eigenvalue weighted by Gasteiger charge is 2.25. The number of nitrogens with one attached hydrogen (secondary N) is 2. The third kappa shape index (κ3) is 3.55. The zero-order valence-electron chi connectivity index (χ0n) is 16.1. The quantitative estimate of drug-likeness (QED) is 0.414. The Kier molecular flexibility index (Phi) is 4.62. The van der Waals surface area contributed by atoms with Gasteiger partial charge in [-0.15, -0.1) is 0 Å². The highest BCUT2D eigenvalue weighted by molar-refractivity contribution is 5.86. The summed E-state index contributed by atoms with van der Waals surface area (Å²) in [6.45, 7) is 0. The van der Waals surface area contributed by atoms with E-state index in [1.54, 1.807) is 0 Å². The Labute approximate surface area is 166 Å². The molecule has 1 aliphatic carbocycles. The van der Waals surface area contributed by atoms with Crippen LogP contribution in [0.5, 0.6) is 0 Å². The van der Waals surface area contributed by atoms with Crippen LogP contribution in [0.2, 0.25) is 0 Å². The Hall–Kier alpha value is -3.00. The number of hydrogen-bond donors (Lipinski definition) is 2. The molecule has 2 N–H and O–H groups in total. The monoisotopic (exact) mass is 366 g/mol. The fraction of sp³-hybridized carbons (Fsp3) is 0.231. The van der Waals surface area contributed by atoms with Gasteiger partial charge in [0.05, 0.1) is 0 Å². The minimum Gasteiger partial charge on any atom is -0.380 e. The smallest absolute Gasteiger partial charge is 0.0462 e. The van der Waals surface area contributed by atoms with Crippen LogP contribution in [0.4, 0.5) is 11.4 Å². The lowest BCUT2D eigenvalue weighted by Gasteiger charge is -2.34. The van der Waals surface area contributed by atoms with Crippen molar-refractivity contribution in [2.75, 3.05) is 10.6 Å². The second-order valence-corrected chi connectivity index (χ2v) is 7.91. The minimum atomic E-state index is 0.446. The van der Waals surface area contributed by atoms with E-state index in [9.17, 15) is 0 Å². The van der Waals surface area contributed by atoms with Crippen LogP contribution in [0.15, 0.2) is 84.9 Å². The summed E-state index contributed by atoms with van der Waals surface area (Å²) < 4.78 is 0. The van der Waals surface area contributed by atoms with Crippen molar-refractivity contribution >= 4 is 32.9 Å². The molecule has 2 atom stereocenters. The summed E-state index contributed by atoms with van der Waals surface area (Å²) in [5, 5.41) is 12.8. The van der Waals surface area contributed by atoms with Crippen molar-refractivity contribution in [1.82, 2.24) is 0 Å². The zero-order valence-corrected chi connectivity index (χ0v) is 16.1. The van der Waals surface area contributed by atoms with Crippen LogP contribution in [0, 0.1) is 0 Å². The largest absolute Gasteiger partial charge is 0.380 e. The Morgan fingerprint density at radius 1 is 0.500 bits per heavy atom. The van der Waals surface area contributed by atoms with Crippen LogP contribution in [0.1, 0.15) is 25.7 Å². The lowest BCUT2D eigenvalue weighted by atomic mass is 9.89. The summed E-state index contributed by atoms with van der Waals surface area (Å²) >= 11 is 0. The molecule has 1 fully saturated rings. The molecule has 1 saturated carbocycles. The van der Waals surface area contributed by atoms with Crippen LogP contribution in [-0.4, -0.2) is 12.1 Å². The topological polar surface area (TPSA) is 24.1 Å². The van der Waals surface area contributed by atoms with Crippen molar-refractivity contribution in [1.29, 1.82) is 0 Å². The Morgan fingerprint density at radius 2 is 0.929 bits per heavy atom. The van der Waals surface area contributed by atoms with E-state index in [1.807, 2.05) is 0 Å². The van der Waals surface area contributed by atoms with Gasteiger partial charge in [-0.2, -0.15) is 0 Å². The SMILES string of the molecule is c1ccc2cc(N[C@@H]3CCCC[C@H]3Nc3ccc4ccccc4c3)ccc2c1. The Balaban J connectivity index is 1.36. The van der Waals surface area contributed by atoms with E-state index in [-0.39, 0.29) is 0 Å². The van der Waals surface area contributed by atoms with Crippen molar-refractivity contribution in [2.24, 2.45) is 0 Å². The van der Waals surface area contributed by atoms with E-state index >= 15 is 0 Å². The third-order valence-corrected chi connectivity index (χ3v) is 5.97. The summed E-state index contributed by atoms with van der Waals surface area (Å²) in [5.41, 5.74) is 2.44. The lowest BCUT2D eigenvalue weighted by Crippen LogP contribution is -2.41. The van der Waals surface area contributed by atoms with Crippen molar-refractivity contribution in [3.63, 3.8) is 0 Å². The predicted octanol–water partition coefficient (Wildman–Crippen LogP) is 6.83. The van der Waals surface area contributed by atoms with Gasteiger partial charge in [-0.1, -0.05) is 73.5 Å². The Bertz CT molecular complexity index is 1010. The molecular weight excluding hydrogens is 340 g/mol. The molecule has 2 heteroatoms. The second kappa shape index (κ2) is 7.55. The molecule has 4 aromatic rings. The molecule has 0 aromatic heterocycles. The van der Waals surface area contributed by atoms with Crippen LogP contribution < -0.4 is 10.6 Å². The van der Waals surface area contributed by atoms with Gasteiger partial charge in [0.2, 0.25) is 0 Å². The van der Waals surface area contributed by atoms with Gasteiger partial charge in [-0.25, -0.2) is 0 Å². The average Bonchev–Trinajstić information content (AvgIpc) is 2.75. The number of benzene rings is 4. The summed E-state index contributed by atoms with van der Waals surface area (Å²) in [5.74, 6) is 0. The van der Waals surface area contributed by atoms with Gasteiger partial charge in [0.15, 0.2) is 0 Å². The standard InChI is InChI=1S/C26H26N2/c1-3-9-21-17-23(15-13-19(21)7-1)27-25-11-5-6-12-26(25)28-24-16-14-20-8-2-4-10-22(20)18-24/h1-4,7-10,13-18,25-28H,5-6,11-12H2/t25-,26-/m1/s1. The molecule has 5 rings (SSSR count). The molecule has 0 unspecified atom stereocenters. The zero-order chi connectivity index (χ0) is 18.8. The van der Waals surface area contributed by atoms with E-state index in [1.165, 1.54) is 58.6 Å². The van der Waals surface area contributed by atoms with Crippen LogP contribution >= 0.6 is 0 Å². The molecule has 0 bridgehead atoms.